The SMILES string of the molecule is O=Cc1ccccc1C(Cl)Cl. The van der Waals surface area contributed by atoms with Crippen LogP contribution in [0.1, 0.15) is 20.8 Å². The molecule has 1 rings (SSSR count). The second-order valence-corrected chi connectivity index (χ2v) is 3.14. The second-order valence-electron chi connectivity index (χ2n) is 2.05. The maximum absolute atomic E-state index is 10.4. The lowest BCUT2D eigenvalue weighted by Gasteiger charge is -2.02. The maximum Gasteiger partial charge on any atom is 0.150 e. The van der Waals surface area contributed by atoms with Gasteiger partial charge in [0.15, 0.2) is 0 Å². The van der Waals surface area contributed by atoms with E-state index in [9.17, 15) is 4.79 Å². The Morgan fingerprint density at radius 3 is 2.36 bits per heavy atom. The average Bonchev–Trinajstić information content (AvgIpc) is 2.04. The Bertz CT molecular complexity index is 258. The summed E-state index contributed by atoms with van der Waals surface area (Å²) in [6.07, 6.45) is 0.743. The van der Waals surface area contributed by atoms with Crippen LogP contribution in [0.25, 0.3) is 0 Å². The van der Waals surface area contributed by atoms with Crippen LogP contribution in [0.3, 0.4) is 0 Å². The topological polar surface area (TPSA) is 17.1 Å². The van der Waals surface area contributed by atoms with Gasteiger partial charge in [-0.2, -0.15) is 0 Å². The van der Waals surface area contributed by atoms with Crippen molar-refractivity contribution >= 4 is 29.5 Å². The van der Waals surface area contributed by atoms with Crippen molar-refractivity contribution in [1.82, 2.24) is 0 Å². The van der Waals surface area contributed by atoms with Gasteiger partial charge in [0, 0.05) is 5.56 Å². The fraction of sp³-hybridized carbons (Fsp3) is 0.125. The van der Waals surface area contributed by atoms with Crippen LogP contribution in [0.4, 0.5) is 0 Å². The van der Waals surface area contributed by atoms with E-state index in [4.69, 9.17) is 23.2 Å². The van der Waals surface area contributed by atoms with E-state index in [-0.39, 0.29) is 0 Å². The van der Waals surface area contributed by atoms with Gasteiger partial charge >= 0.3 is 0 Å². The molecule has 0 amide bonds. The third-order valence-electron chi connectivity index (χ3n) is 1.36. The summed E-state index contributed by atoms with van der Waals surface area (Å²) in [6.45, 7) is 0. The standard InChI is InChI=1S/C8H6Cl2O/c9-8(10)7-4-2-1-3-6(7)5-11/h1-5,8H. The van der Waals surface area contributed by atoms with E-state index in [0.717, 1.165) is 6.29 Å². The Morgan fingerprint density at radius 2 is 1.91 bits per heavy atom. The van der Waals surface area contributed by atoms with Gasteiger partial charge in [0.2, 0.25) is 0 Å². The van der Waals surface area contributed by atoms with Gasteiger partial charge in [-0.3, -0.25) is 4.79 Å². The summed E-state index contributed by atoms with van der Waals surface area (Å²) in [4.78, 5) is 9.79. The Kier molecular flexibility index (Phi) is 2.92. The highest BCUT2D eigenvalue weighted by molar-refractivity contribution is 6.44. The van der Waals surface area contributed by atoms with Gasteiger partial charge in [0.1, 0.15) is 11.1 Å². The molecule has 58 valence electrons. The molecular formula is C8H6Cl2O. The number of aldehydes is 1. The van der Waals surface area contributed by atoms with Crippen molar-refractivity contribution in [2.45, 2.75) is 4.84 Å². The molecule has 0 saturated carbocycles. The molecular weight excluding hydrogens is 183 g/mol. The van der Waals surface area contributed by atoms with Crippen molar-refractivity contribution in [3.8, 4) is 0 Å². The predicted octanol–water partition coefficient (Wildman–Crippen LogP) is 2.98. The van der Waals surface area contributed by atoms with Crippen molar-refractivity contribution in [2.24, 2.45) is 0 Å². The van der Waals surface area contributed by atoms with Crippen LogP contribution in [-0.4, -0.2) is 6.29 Å². The van der Waals surface area contributed by atoms with Crippen LogP contribution in [-0.2, 0) is 0 Å². The van der Waals surface area contributed by atoms with Gasteiger partial charge in [-0.15, -0.1) is 23.2 Å². The summed E-state index contributed by atoms with van der Waals surface area (Å²) in [5, 5.41) is 0. The molecule has 0 atom stereocenters. The lowest BCUT2D eigenvalue weighted by Crippen LogP contribution is -1.89. The Labute approximate surface area is 74.9 Å². The molecule has 0 N–H and O–H groups in total. The summed E-state index contributed by atoms with van der Waals surface area (Å²) in [6, 6.07) is 6.97. The van der Waals surface area contributed by atoms with E-state index in [1.165, 1.54) is 0 Å². The Morgan fingerprint density at radius 1 is 1.27 bits per heavy atom. The third kappa shape index (κ3) is 1.95. The number of benzene rings is 1. The second kappa shape index (κ2) is 3.74. The lowest BCUT2D eigenvalue weighted by atomic mass is 10.1. The first kappa shape index (κ1) is 8.57. The number of hydrogen-bond acceptors (Lipinski definition) is 1. The van der Waals surface area contributed by atoms with Crippen LogP contribution in [0.5, 0.6) is 0 Å². The normalized spacial score (nSPS) is 10.1. The van der Waals surface area contributed by atoms with Crippen LogP contribution in [0.2, 0.25) is 0 Å². The van der Waals surface area contributed by atoms with Crippen LogP contribution < -0.4 is 0 Å². The molecule has 0 heterocycles. The van der Waals surface area contributed by atoms with E-state index < -0.39 is 4.84 Å². The van der Waals surface area contributed by atoms with E-state index in [2.05, 4.69) is 0 Å². The molecule has 0 aliphatic rings. The molecule has 0 unspecified atom stereocenters. The molecule has 1 aromatic carbocycles. The minimum Gasteiger partial charge on any atom is -0.298 e. The van der Waals surface area contributed by atoms with Crippen LogP contribution in [0.15, 0.2) is 24.3 Å². The lowest BCUT2D eigenvalue weighted by molar-refractivity contribution is 0.112. The maximum atomic E-state index is 10.4. The number of hydrogen-bond donors (Lipinski definition) is 0. The van der Waals surface area contributed by atoms with E-state index >= 15 is 0 Å². The highest BCUT2D eigenvalue weighted by Gasteiger charge is 2.06. The molecule has 0 saturated heterocycles. The first-order chi connectivity index (χ1) is 5.25. The molecule has 3 heteroatoms. The fourth-order valence-electron chi connectivity index (χ4n) is 0.817. The molecule has 1 aromatic rings. The molecule has 0 aliphatic heterocycles. The number of carbonyl (C=O) groups excluding carboxylic acids is 1. The quantitative estimate of drug-likeness (QED) is 0.516. The Balaban J connectivity index is 3.12. The number of rotatable bonds is 2. The highest BCUT2D eigenvalue weighted by atomic mass is 35.5. The number of alkyl halides is 2. The molecule has 11 heavy (non-hydrogen) atoms. The highest BCUT2D eigenvalue weighted by Crippen LogP contribution is 2.26. The van der Waals surface area contributed by atoms with E-state index in [1.807, 2.05) is 0 Å². The fourth-order valence-corrected chi connectivity index (χ4v) is 1.21. The van der Waals surface area contributed by atoms with Gasteiger partial charge in [-0.25, -0.2) is 0 Å². The van der Waals surface area contributed by atoms with Crippen molar-refractivity contribution in [3.05, 3.63) is 35.4 Å². The first-order valence-electron chi connectivity index (χ1n) is 3.08. The molecule has 0 radical (unpaired) electrons. The predicted molar refractivity (Wildman–Crippen MR) is 46.3 cm³/mol. The largest absolute Gasteiger partial charge is 0.298 e. The zero-order chi connectivity index (χ0) is 8.27. The van der Waals surface area contributed by atoms with Crippen molar-refractivity contribution in [2.75, 3.05) is 0 Å². The monoisotopic (exact) mass is 188 g/mol. The first-order valence-corrected chi connectivity index (χ1v) is 3.95. The summed E-state index contributed by atoms with van der Waals surface area (Å²) in [5.41, 5.74) is 1.20. The molecule has 0 bridgehead atoms. The van der Waals surface area contributed by atoms with E-state index in [0.29, 0.717) is 11.1 Å². The number of halogens is 2. The molecule has 0 aromatic heterocycles. The minimum atomic E-state index is -0.628. The molecule has 0 fully saturated rings. The summed E-state index contributed by atoms with van der Waals surface area (Å²) in [7, 11) is 0. The number of carbonyl (C=O) groups is 1. The zero-order valence-electron chi connectivity index (χ0n) is 5.63. The third-order valence-corrected chi connectivity index (χ3v) is 1.83. The summed E-state index contributed by atoms with van der Waals surface area (Å²) >= 11 is 11.2. The van der Waals surface area contributed by atoms with Gasteiger partial charge in [0.05, 0.1) is 0 Å². The molecule has 1 nitrogen and oxygen atoms in total. The van der Waals surface area contributed by atoms with E-state index in [1.54, 1.807) is 24.3 Å². The van der Waals surface area contributed by atoms with Crippen molar-refractivity contribution in [1.29, 1.82) is 0 Å². The zero-order valence-corrected chi connectivity index (χ0v) is 7.14. The summed E-state index contributed by atoms with van der Waals surface area (Å²) < 4.78 is 0. The smallest absolute Gasteiger partial charge is 0.150 e. The molecule has 0 aliphatic carbocycles. The summed E-state index contributed by atoms with van der Waals surface area (Å²) in [5.74, 6) is 0. The van der Waals surface area contributed by atoms with Gasteiger partial charge in [-0.1, -0.05) is 24.3 Å². The van der Waals surface area contributed by atoms with Crippen LogP contribution in [0, 0.1) is 0 Å². The van der Waals surface area contributed by atoms with Gasteiger partial charge in [0.25, 0.3) is 0 Å². The minimum absolute atomic E-state index is 0.544. The molecule has 0 spiro atoms. The average molecular weight is 189 g/mol. The van der Waals surface area contributed by atoms with Crippen molar-refractivity contribution < 1.29 is 4.79 Å². The van der Waals surface area contributed by atoms with Gasteiger partial charge in [-0.05, 0) is 5.56 Å². The van der Waals surface area contributed by atoms with Gasteiger partial charge < -0.3 is 0 Å². The Hall–Kier alpha value is -0.530. The van der Waals surface area contributed by atoms with Crippen molar-refractivity contribution in [3.63, 3.8) is 0 Å². The van der Waals surface area contributed by atoms with Crippen LogP contribution >= 0.6 is 23.2 Å².